The number of aliphatic hydroxyl groups excluding tert-OH is 1. The second-order valence-electron chi connectivity index (χ2n) is 3.19. The molecular formula is C7H14O3. The Morgan fingerprint density at radius 1 is 1.80 bits per heavy atom. The molecule has 0 amide bonds. The summed E-state index contributed by atoms with van der Waals surface area (Å²) in [4.78, 5) is 10.5. The number of hydrogen-bond acceptors (Lipinski definition) is 2. The van der Waals surface area contributed by atoms with Gasteiger partial charge in [-0.15, -0.1) is 0 Å². The quantitative estimate of drug-likeness (QED) is 0.617. The lowest BCUT2D eigenvalue weighted by atomic mass is 9.81. The number of aliphatic carboxylic acids is 1. The maximum Gasteiger partial charge on any atom is 0.306 e. The zero-order valence-electron chi connectivity index (χ0n) is 7.55. The van der Waals surface area contributed by atoms with Crippen LogP contribution in [-0.2, 0) is 4.79 Å². The summed E-state index contributed by atoms with van der Waals surface area (Å²) in [6.45, 7) is 5.28. The van der Waals surface area contributed by atoms with Crippen LogP contribution in [0.4, 0.5) is 0 Å². The molecule has 0 bridgehead atoms. The first-order valence-corrected chi connectivity index (χ1v) is 3.22. The fourth-order valence-corrected chi connectivity index (χ4v) is 0.459. The van der Waals surface area contributed by atoms with Crippen molar-refractivity contribution in [2.75, 3.05) is 6.61 Å². The molecule has 0 aliphatic heterocycles. The summed E-state index contributed by atoms with van der Waals surface area (Å²) < 4.78 is 6.50. The molecule has 0 saturated heterocycles. The monoisotopic (exact) mass is 148 g/mol. The molecule has 0 aromatic heterocycles. The molecule has 3 nitrogen and oxygen atoms in total. The molecule has 0 spiro atoms. The van der Waals surface area contributed by atoms with E-state index in [1.54, 1.807) is 20.8 Å². The molecule has 0 rings (SSSR count). The summed E-state index contributed by atoms with van der Waals surface area (Å²) in [5.41, 5.74) is -0.479. The van der Waals surface area contributed by atoms with Crippen molar-refractivity contribution in [2.24, 2.45) is 11.3 Å². The number of carbonyl (C=O) groups is 1. The van der Waals surface area contributed by atoms with Gasteiger partial charge in [0.2, 0.25) is 1.43 Å². The molecule has 0 aromatic carbocycles. The number of carboxylic acid groups (broad SMARTS) is 1. The first kappa shape index (κ1) is 7.54. The smallest absolute Gasteiger partial charge is 0.306 e. The minimum Gasteiger partial charge on any atom is -0.481 e. The van der Waals surface area contributed by atoms with E-state index in [1.165, 1.54) is 0 Å². The lowest BCUT2D eigenvalue weighted by Gasteiger charge is -2.25. The van der Waals surface area contributed by atoms with Crippen LogP contribution in [-0.4, -0.2) is 24.2 Å². The second kappa shape index (κ2) is 3.01. The average molecular weight is 148 g/mol. The van der Waals surface area contributed by atoms with Crippen LogP contribution in [0, 0.1) is 11.3 Å². The third-order valence-corrected chi connectivity index (χ3v) is 1.91. The summed E-state index contributed by atoms with van der Waals surface area (Å²) in [7, 11) is 0. The van der Waals surface area contributed by atoms with Gasteiger partial charge in [-0.3, -0.25) is 4.79 Å². The highest BCUT2D eigenvalue weighted by Crippen LogP contribution is 2.25. The fourth-order valence-electron chi connectivity index (χ4n) is 0.459. The molecule has 2 N–H and O–H groups in total. The lowest BCUT2D eigenvalue weighted by molar-refractivity contribution is -0.146. The van der Waals surface area contributed by atoms with Gasteiger partial charge in [-0.1, -0.05) is 20.8 Å². The highest BCUT2D eigenvalue weighted by atomic mass is 16.4. The molecule has 3 heteroatoms. The molecule has 0 radical (unpaired) electrons. The maximum absolute atomic E-state index is 10.5. The Balaban J connectivity index is 4.16. The Hall–Kier alpha value is -0.570. The molecule has 1 atom stereocenters. The van der Waals surface area contributed by atoms with Gasteiger partial charge in [0, 0.05) is 12.0 Å². The molecule has 0 aromatic rings. The van der Waals surface area contributed by atoms with Gasteiger partial charge in [0.25, 0.3) is 0 Å². The number of rotatable bonds is 4. The van der Waals surface area contributed by atoms with E-state index < -0.39 is 17.3 Å². The Labute approximate surface area is 62.2 Å². The van der Waals surface area contributed by atoms with E-state index in [1.807, 2.05) is 0 Å². The summed E-state index contributed by atoms with van der Waals surface area (Å²) >= 11 is 0. The van der Waals surface area contributed by atoms with E-state index in [0.717, 1.165) is 0 Å². The van der Waals surface area contributed by atoms with Crippen LogP contribution in [0.1, 0.15) is 20.8 Å². The highest BCUT2D eigenvalue weighted by Gasteiger charge is 2.30. The Kier molecular flexibility index (Phi) is 2.27. The van der Waals surface area contributed by atoms with E-state index in [-0.39, 0.29) is 6.61 Å². The van der Waals surface area contributed by atoms with Crippen LogP contribution in [0.2, 0.25) is 0 Å². The molecule has 10 heavy (non-hydrogen) atoms. The zero-order chi connectivity index (χ0) is 9.07. The van der Waals surface area contributed by atoms with Gasteiger partial charge in [-0.2, -0.15) is 0 Å². The van der Waals surface area contributed by atoms with Crippen molar-refractivity contribution in [1.29, 1.82) is 1.43 Å². The van der Waals surface area contributed by atoms with Crippen LogP contribution in [0.25, 0.3) is 0 Å². The van der Waals surface area contributed by atoms with Crippen LogP contribution in [0.15, 0.2) is 0 Å². The number of carboxylic acids is 1. The van der Waals surface area contributed by atoms with E-state index in [0.29, 0.717) is 0 Å². The van der Waals surface area contributed by atoms with Crippen LogP contribution in [0.3, 0.4) is 0 Å². The van der Waals surface area contributed by atoms with Crippen molar-refractivity contribution in [3.8, 4) is 0 Å². The van der Waals surface area contributed by atoms with Gasteiger partial charge in [0.1, 0.15) is 0 Å². The summed E-state index contributed by atoms with van der Waals surface area (Å²) in [5.74, 6) is -1.35. The predicted octanol–water partition coefficient (Wildman–Crippen LogP) is 0.726. The van der Waals surface area contributed by atoms with E-state index in [4.69, 9.17) is 6.54 Å². The van der Waals surface area contributed by atoms with Crippen molar-refractivity contribution in [1.82, 2.24) is 0 Å². The van der Waals surface area contributed by atoms with Gasteiger partial charge < -0.3 is 10.2 Å². The predicted molar refractivity (Wildman–Crippen MR) is 37.7 cm³/mol. The minimum atomic E-state index is -0.855. The largest absolute Gasteiger partial charge is 0.481 e. The van der Waals surface area contributed by atoms with Crippen LogP contribution in [0.5, 0.6) is 0 Å². The molecule has 0 fully saturated rings. The summed E-state index contributed by atoms with van der Waals surface area (Å²) in [5, 5.41) is 12.8. The first-order valence-electron chi connectivity index (χ1n) is 3.63. The molecule has 0 aliphatic carbocycles. The molecular weight excluding hydrogens is 132 g/mol. The van der Waals surface area contributed by atoms with Gasteiger partial charge in [-0.25, -0.2) is 0 Å². The van der Waals surface area contributed by atoms with Crippen molar-refractivity contribution in [3.05, 3.63) is 0 Å². The van der Waals surface area contributed by atoms with Crippen LogP contribution >= 0.6 is 0 Å². The van der Waals surface area contributed by atoms with Crippen molar-refractivity contribution >= 4 is 5.97 Å². The van der Waals surface area contributed by atoms with E-state index >= 15 is 0 Å². The average Bonchev–Trinajstić information content (AvgIpc) is 1.86. The molecule has 60 valence electrons. The fraction of sp³-hybridized carbons (Fsp3) is 0.857. The van der Waals surface area contributed by atoms with Crippen LogP contribution < -0.4 is 0 Å². The number of hydrogen-bond donors (Lipinski definition) is 2. The zero-order valence-corrected chi connectivity index (χ0v) is 6.55. The second-order valence-corrected chi connectivity index (χ2v) is 3.19. The molecule has 1 unspecified atom stereocenters. The third-order valence-electron chi connectivity index (χ3n) is 1.91. The highest BCUT2D eigenvalue weighted by molar-refractivity contribution is 5.70. The van der Waals surface area contributed by atoms with Gasteiger partial charge in [0.05, 0.1) is 5.92 Å². The molecule has 0 saturated carbocycles. The van der Waals surface area contributed by atoms with Crippen molar-refractivity contribution in [3.63, 3.8) is 0 Å². The Morgan fingerprint density at radius 3 is 2.60 bits per heavy atom. The topological polar surface area (TPSA) is 57.5 Å². The van der Waals surface area contributed by atoms with E-state index in [9.17, 15) is 4.79 Å². The SMILES string of the molecule is [3H]OCC(C)(C)C(C)C(=O)O. The number of aliphatic hydroxyl groups is 1. The van der Waals surface area contributed by atoms with Gasteiger partial charge in [0.15, 0.2) is 0 Å². The minimum absolute atomic E-state index is 0.139. The normalized spacial score (nSPS) is 16.1. The Morgan fingerprint density at radius 2 is 2.30 bits per heavy atom. The maximum atomic E-state index is 10.5. The van der Waals surface area contributed by atoms with Gasteiger partial charge >= 0.3 is 5.97 Å². The van der Waals surface area contributed by atoms with Crippen molar-refractivity contribution in [2.45, 2.75) is 20.8 Å². The van der Waals surface area contributed by atoms with E-state index in [2.05, 4.69) is 5.11 Å². The summed E-state index contributed by atoms with van der Waals surface area (Å²) in [6.07, 6.45) is 0. The molecule has 0 heterocycles. The Bertz CT molecular complexity index is 145. The lowest BCUT2D eigenvalue weighted by Crippen LogP contribution is -2.31. The molecule has 0 aliphatic rings. The van der Waals surface area contributed by atoms with Crippen molar-refractivity contribution < 1.29 is 15.0 Å². The van der Waals surface area contributed by atoms with Gasteiger partial charge in [-0.05, 0) is 0 Å². The first-order chi connectivity index (χ1) is 4.91. The summed E-state index contributed by atoms with van der Waals surface area (Å²) in [6, 6.07) is 0. The third kappa shape index (κ3) is 1.99. The standard InChI is InChI=1S/C7H14O3/c1-5(6(9)10)7(2,3)4-8/h5,8H,4H2,1-3H3,(H,9,10)/i8T.